The number of aryl methyl sites for hydroxylation is 1. The average Bonchev–Trinajstić information content (AvgIpc) is 3.04. The maximum atomic E-state index is 11.7. The van der Waals surface area contributed by atoms with Crippen LogP contribution in [0.2, 0.25) is 0 Å². The Labute approximate surface area is 109 Å². The van der Waals surface area contributed by atoms with Crippen LogP contribution in [0.15, 0.2) is 36.7 Å². The van der Waals surface area contributed by atoms with E-state index in [4.69, 9.17) is 0 Å². The van der Waals surface area contributed by atoms with Crippen molar-refractivity contribution >= 4 is 22.6 Å². The van der Waals surface area contributed by atoms with Gasteiger partial charge in [0.05, 0.1) is 22.9 Å². The highest BCUT2D eigenvalue weighted by Gasteiger charge is 2.06. The predicted octanol–water partition coefficient (Wildman–Crippen LogP) is 1.86. The average molecular weight is 255 g/mol. The van der Waals surface area contributed by atoms with E-state index in [-0.39, 0.29) is 5.91 Å². The van der Waals surface area contributed by atoms with Crippen LogP contribution in [-0.2, 0) is 11.2 Å². The number of nitrogens with zero attached hydrogens (tertiary/aromatic N) is 2. The van der Waals surface area contributed by atoms with E-state index in [1.54, 1.807) is 12.4 Å². The topological polar surface area (TPSA) is 86.5 Å². The monoisotopic (exact) mass is 255 g/mol. The van der Waals surface area contributed by atoms with Gasteiger partial charge < -0.3 is 10.3 Å². The molecule has 0 saturated carbocycles. The number of H-pyrrole nitrogens is 2. The minimum absolute atomic E-state index is 0.0538. The van der Waals surface area contributed by atoms with Crippen molar-refractivity contribution in [1.82, 2.24) is 20.2 Å². The lowest BCUT2D eigenvalue weighted by molar-refractivity contribution is -0.116. The Morgan fingerprint density at radius 1 is 1.32 bits per heavy atom. The van der Waals surface area contributed by atoms with E-state index in [0.29, 0.717) is 18.5 Å². The molecule has 2 aromatic heterocycles. The quantitative estimate of drug-likeness (QED) is 0.665. The van der Waals surface area contributed by atoms with Gasteiger partial charge in [-0.05, 0) is 12.1 Å². The highest BCUT2D eigenvalue weighted by Crippen LogP contribution is 2.11. The number of nitrogens with one attached hydrogen (secondary N) is 3. The number of carbonyl (C=O) groups excluding carboxylic acids is 1. The normalized spacial score (nSPS) is 10.7. The number of fused-ring (bicyclic) bond motifs is 1. The molecule has 0 radical (unpaired) electrons. The van der Waals surface area contributed by atoms with Crippen LogP contribution in [0.4, 0.5) is 5.69 Å². The Hall–Kier alpha value is -2.63. The number of amides is 1. The molecule has 6 nitrogen and oxygen atoms in total. The lowest BCUT2D eigenvalue weighted by Gasteiger charge is -2.00. The molecule has 0 spiro atoms. The van der Waals surface area contributed by atoms with Gasteiger partial charge in [-0.1, -0.05) is 12.1 Å². The van der Waals surface area contributed by atoms with Gasteiger partial charge >= 0.3 is 0 Å². The van der Waals surface area contributed by atoms with Gasteiger partial charge in [0.25, 0.3) is 0 Å². The molecular weight excluding hydrogens is 242 g/mol. The highest BCUT2D eigenvalue weighted by atomic mass is 16.1. The van der Waals surface area contributed by atoms with E-state index < -0.39 is 0 Å². The first kappa shape index (κ1) is 11.5. The molecule has 3 aromatic rings. The van der Waals surface area contributed by atoms with E-state index in [1.807, 2.05) is 24.3 Å². The van der Waals surface area contributed by atoms with Crippen molar-refractivity contribution in [2.75, 3.05) is 5.32 Å². The zero-order valence-corrected chi connectivity index (χ0v) is 10.2. The van der Waals surface area contributed by atoms with Crippen LogP contribution in [0.1, 0.15) is 12.2 Å². The van der Waals surface area contributed by atoms with E-state index in [2.05, 4.69) is 25.5 Å². The van der Waals surface area contributed by atoms with Gasteiger partial charge in [-0.15, -0.1) is 0 Å². The molecular formula is C13H13N5O. The lowest BCUT2D eigenvalue weighted by atomic mass is 10.3. The maximum absolute atomic E-state index is 11.7. The van der Waals surface area contributed by atoms with Crippen molar-refractivity contribution in [1.29, 1.82) is 0 Å². The van der Waals surface area contributed by atoms with Gasteiger partial charge in [-0.25, -0.2) is 4.98 Å². The standard InChI is InChI=1S/C13H13N5O/c19-13(16-9-7-14-15-8-9)6-5-12-17-10-3-1-2-4-11(10)18-12/h1-4,7-8H,5-6H2,(H,14,15)(H,16,19)(H,17,18). The third kappa shape index (κ3) is 2.62. The number of rotatable bonds is 4. The lowest BCUT2D eigenvalue weighted by Crippen LogP contribution is -2.12. The number of hydrogen-bond acceptors (Lipinski definition) is 3. The Morgan fingerprint density at radius 2 is 2.21 bits per heavy atom. The molecule has 0 unspecified atom stereocenters. The van der Waals surface area contributed by atoms with E-state index in [0.717, 1.165) is 16.9 Å². The van der Waals surface area contributed by atoms with Gasteiger partial charge in [0.2, 0.25) is 5.91 Å². The zero-order valence-electron chi connectivity index (χ0n) is 10.2. The van der Waals surface area contributed by atoms with Gasteiger partial charge in [-0.3, -0.25) is 9.89 Å². The van der Waals surface area contributed by atoms with Crippen molar-refractivity contribution in [2.24, 2.45) is 0 Å². The summed E-state index contributed by atoms with van der Waals surface area (Å²) in [7, 11) is 0. The minimum Gasteiger partial charge on any atom is -0.342 e. The van der Waals surface area contributed by atoms with Crippen LogP contribution in [0.25, 0.3) is 11.0 Å². The number of hydrogen-bond donors (Lipinski definition) is 3. The zero-order chi connectivity index (χ0) is 13.1. The fraction of sp³-hybridized carbons (Fsp3) is 0.154. The highest BCUT2D eigenvalue weighted by molar-refractivity contribution is 5.90. The van der Waals surface area contributed by atoms with Crippen molar-refractivity contribution < 1.29 is 4.79 Å². The van der Waals surface area contributed by atoms with Crippen LogP contribution in [0, 0.1) is 0 Å². The SMILES string of the molecule is O=C(CCc1nc2ccccc2[nH]1)Nc1cn[nH]c1. The molecule has 0 bridgehead atoms. The molecule has 1 aromatic carbocycles. The number of aromatic nitrogens is 4. The molecule has 6 heteroatoms. The molecule has 1 amide bonds. The summed E-state index contributed by atoms with van der Waals surface area (Å²) >= 11 is 0. The number of benzene rings is 1. The molecule has 0 aliphatic heterocycles. The van der Waals surface area contributed by atoms with Gasteiger partial charge in [0.1, 0.15) is 5.82 Å². The fourth-order valence-corrected chi connectivity index (χ4v) is 1.90. The van der Waals surface area contributed by atoms with Crippen molar-refractivity contribution in [3.05, 3.63) is 42.5 Å². The van der Waals surface area contributed by atoms with E-state index in [1.165, 1.54) is 0 Å². The number of anilines is 1. The first-order valence-corrected chi connectivity index (χ1v) is 6.03. The third-order valence-corrected chi connectivity index (χ3v) is 2.81. The first-order valence-electron chi connectivity index (χ1n) is 6.03. The Balaban J connectivity index is 1.61. The molecule has 0 atom stereocenters. The van der Waals surface area contributed by atoms with Crippen molar-refractivity contribution in [3.8, 4) is 0 Å². The second kappa shape index (κ2) is 4.93. The van der Waals surface area contributed by atoms with Gasteiger partial charge in [0.15, 0.2) is 0 Å². The second-order valence-corrected chi connectivity index (χ2v) is 4.24. The Kier molecular flexibility index (Phi) is 2.97. The fourth-order valence-electron chi connectivity index (χ4n) is 1.90. The summed E-state index contributed by atoms with van der Waals surface area (Å²) in [6.07, 6.45) is 4.17. The number of carbonyl (C=O) groups is 1. The number of imidazole rings is 1. The molecule has 0 fully saturated rings. The smallest absolute Gasteiger partial charge is 0.224 e. The molecule has 0 aliphatic rings. The third-order valence-electron chi connectivity index (χ3n) is 2.81. The van der Waals surface area contributed by atoms with Crippen molar-refractivity contribution in [2.45, 2.75) is 12.8 Å². The molecule has 0 aliphatic carbocycles. The summed E-state index contributed by atoms with van der Waals surface area (Å²) in [4.78, 5) is 19.3. The van der Waals surface area contributed by atoms with Gasteiger partial charge in [0, 0.05) is 19.0 Å². The number of para-hydroxylation sites is 2. The van der Waals surface area contributed by atoms with Crippen LogP contribution in [0.5, 0.6) is 0 Å². The summed E-state index contributed by atoms with van der Waals surface area (Å²) in [5, 5.41) is 9.16. The van der Waals surface area contributed by atoms with Crippen LogP contribution in [-0.4, -0.2) is 26.1 Å². The summed E-state index contributed by atoms with van der Waals surface area (Å²) < 4.78 is 0. The van der Waals surface area contributed by atoms with E-state index in [9.17, 15) is 4.79 Å². The summed E-state index contributed by atoms with van der Waals surface area (Å²) in [6.45, 7) is 0. The second-order valence-electron chi connectivity index (χ2n) is 4.24. The maximum Gasteiger partial charge on any atom is 0.224 e. The largest absolute Gasteiger partial charge is 0.342 e. The first-order chi connectivity index (χ1) is 9.31. The van der Waals surface area contributed by atoms with E-state index >= 15 is 0 Å². The van der Waals surface area contributed by atoms with Crippen LogP contribution in [0.3, 0.4) is 0 Å². The van der Waals surface area contributed by atoms with Crippen LogP contribution < -0.4 is 5.32 Å². The molecule has 0 saturated heterocycles. The molecule has 3 rings (SSSR count). The summed E-state index contributed by atoms with van der Waals surface area (Å²) in [5.41, 5.74) is 2.59. The molecule has 96 valence electrons. The van der Waals surface area contributed by atoms with Crippen LogP contribution >= 0.6 is 0 Å². The predicted molar refractivity (Wildman–Crippen MR) is 71.6 cm³/mol. The summed E-state index contributed by atoms with van der Waals surface area (Å²) in [5.74, 6) is 0.769. The van der Waals surface area contributed by atoms with Crippen molar-refractivity contribution in [3.63, 3.8) is 0 Å². The summed E-state index contributed by atoms with van der Waals surface area (Å²) in [6, 6.07) is 7.81. The van der Waals surface area contributed by atoms with Gasteiger partial charge in [-0.2, -0.15) is 5.10 Å². The molecule has 19 heavy (non-hydrogen) atoms. The minimum atomic E-state index is -0.0538. The molecule has 3 N–H and O–H groups in total. The molecule has 2 heterocycles. The number of aromatic amines is 2. The Bertz CT molecular complexity index is 653. The Morgan fingerprint density at radius 3 is 3.00 bits per heavy atom.